The van der Waals surface area contributed by atoms with Gasteiger partial charge in [-0.2, -0.15) is 0 Å². The SMILES string of the molecule is C#CC1CCC2(C)C(CC(=C)C3C2CCC2(C)C(C(C)CCC)CC[C@@H]32)C1. The fourth-order valence-corrected chi connectivity index (χ4v) is 8.91. The van der Waals surface area contributed by atoms with Crippen molar-refractivity contribution in [3.8, 4) is 12.3 Å². The topological polar surface area (TPSA) is 0 Å². The van der Waals surface area contributed by atoms with Crippen LogP contribution in [0.5, 0.6) is 0 Å². The molecule has 4 rings (SSSR count). The third-order valence-electron chi connectivity index (χ3n) is 10.4. The predicted octanol–water partition coefficient (Wildman–Crippen LogP) is 7.50. The molecule has 27 heavy (non-hydrogen) atoms. The molecule has 4 saturated carbocycles. The lowest BCUT2D eigenvalue weighted by molar-refractivity contribution is -0.0937. The van der Waals surface area contributed by atoms with Crippen LogP contribution in [0.1, 0.15) is 91.9 Å². The van der Waals surface area contributed by atoms with Crippen molar-refractivity contribution in [1.29, 1.82) is 0 Å². The zero-order chi connectivity index (χ0) is 19.4. The van der Waals surface area contributed by atoms with E-state index in [2.05, 4.69) is 33.6 Å². The summed E-state index contributed by atoms with van der Waals surface area (Å²) in [6.07, 6.45) is 19.6. The monoisotopic (exact) mass is 366 g/mol. The van der Waals surface area contributed by atoms with Crippen molar-refractivity contribution in [2.24, 2.45) is 52.3 Å². The summed E-state index contributed by atoms with van der Waals surface area (Å²) in [5.41, 5.74) is 2.70. The van der Waals surface area contributed by atoms with Gasteiger partial charge in [-0.1, -0.05) is 52.7 Å². The fourth-order valence-electron chi connectivity index (χ4n) is 8.91. The van der Waals surface area contributed by atoms with E-state index >= 15 is 0 Å². The van der Waals surface area contributed by atoms with Gasteiger partial charge in [0.15, 0.2) is 0 Å². The molecule has 0 N–H and O–H groups in total. The van der Waals surface area contributed by atoms with Crippen LogP contribution in [-0.2, 0) is 0 Å². The van der Waals surface area contributed by atoms with E-state index in [1.165, 1.54) is 64.2 Å². The minimum absolute atomic E-state index is 0.520. The van der Waals surface area contributed by atoms with Gasteiger partial charge in [-0.05, 0) is 97.7 Å². The van der Waals surface area contributed by atoms with E-state index in [-0.39, 0.29) is 0 Å². The van der Waals surface area contributed by atoms with E-state index in [0.717, 1.165) is 35.5 Å². The van der Waals surface area contributed by atoms with Crippen molar-refractivity contribution in [1.82, 2.24) is 0 Å². The molecule has 0 radical (unpaired) electrons. The summed E-state index contributed by atoms with van der Waals surface area (Å²) in [6.45, 7) is 14.9. The lowest BCUT2D eigenvalue weighted by atomic mass is 9.43. The van der Waals surface area contributed by atoms with Crippen LogP contribution in [0, 0.1) is 64.6 Å². The van der Waals surface area contributed by atoms with Crippen LogP contribution in [0.2, 0.25) is 0 Å². The van der Waals surface area contributed by atoms with Gasteiger partial charge in [-0.25, -0.2) is 0 Å². The molecule has 8 unspecified atom stereocenters. The van der Waals surface area contributed by atoms with E-state index in [0.29, 0.717) is 16.7 Å². The second-order valence-corrected chi connectivity index (χ2v) is 11.4. The van der Waals surface area contributed by atoms with E-state index in [9.17, 15) is 0 Å². The molecule has 0 aromatic heterocycles. The maximum absolute atomic E-state index is 5.82. The molecule has 0 aliphatic heterocycles. The zero-order valence-corrected chi connectivity index (χ0v) is 18.4. The van der Waals surface area contributed by atoms with Gasteiger partial charge >= 0.3 is 0 Å². The quantitative estimate of drug-likeness (QED) is 0.358. The molecule has 4 aliphatic rings. The number of hydrogen-bond acceptors (Lipinski definition) is 0. The Bertz CT molecular complexity index is 622. The third-order valence-corrected chi connectivity index (χ3v) is 10.4. The minimum Gasteiger partial charge on any atom is -0.120 e. The number of fused-ring (bicyclic) bond motifs is 5. The Labute approximate surface area is 169 Å². The van der Waals surface area contributed by atoms with Gasteiger partial charge in [0.2, 0.25) is 0 Å². The molecular formula is C27H42. The molecule has 0 amide bonds. The van der Waals surface area contributed by atoms with E-state index in [4.69, 9.17) is 13.0 Å². The van der Waals surface area contributed by atoms with Crippen molar-refractivity contribution in [3.63, 3.8) is 0 Å². The molecule has 0 aromatic carbocycles. The Balaban J connectivity index is 1.61. The number of terminal acetylenes is 1. The average molecular weight is 367 g/mol. The highest BCUT2D eigenvalue weighted by atomic mass is 14.7. The molecule has 4 fully saturated rings. The van der Waals surface area contributed by atoms with E-state index in [1.54, 1.807) is 5.57 Å². The first kappa shape index (κ1) is 19.6. The first-order valence-corrected chi connectivity index (χ1v) is 12.0. The Hall–Kier alpha value is -0.700. The van der Waals surface area contributed by atoms with Crippen LogP contribution in [0.15, 0.2) is 12.2 Å². The lowest BCUT2D eigenvalue weighted by Crippen LogP contribution is -2.54. The fraction of sp³-hybridized carbons (Fsp3) is 0.852. The highest BCUT2D eigenvalue weighted by Crippen LogP contribution is 2.69. The Morgan fingerprint density at radius 3 is 2.52 bits per heavy atom. The van der Waals surface area contributed by atoms with Crippen LogP contribution >= 0.6 is 0 Å². The van der Waals surface area contributed by atoms with Crippen molar-refractivity contribution in [3.05, 3.63) is 12.2 Å². The number of hydrogen-bond donors (Lipinski definition) is 0. The summed E-state index contributed by atoms with van der Waals surface area (Å²) in [5, 5.41) is 0. The van der Waals surface area contributed by atoms with Crippen molar-refractivity contribution in [2.75, 3.05) is 0 Å². The Kier molecular flexibility index (Phi) is 5.06. The third kappa shape index (κ3) is 2.86. The van der Waals surface area contributed by atoms with Crippen molar-refractivity contribution < 1.29 is 0 Å². The van der Waals surface area contributed by atoms with Crippen LogP contribution < -0.4 is 0 Å². The first-order valence-electron chi connectivity index (χ1n) is 12.0. The maximum atomic E-state index is 5.82. The molecule has 0 saturated heterocycles. The summed E-state index contributed by atoms with van der Waals surface area (Å²) >= 11 is 0. The Morgan fingerprint density at radius 2 is 1.81 bits per heavy atom. The van der Waals surface area contributed by atoms with Gasteiger partial charge in [-0.15, -0.1) is 12.3 Å². The van der Waals surface area contributed by atoms with Gasteiger partial charge in [0.05, 0.1) is 0 Å². The highest BCUT2D eigenvalue weighted by Gasteiger charge is 2.61. The second-order valence-electron chi connectivity index (χ2n) is 11.4. The maximum Gasteiger partial charge on any atom is 0.0203 e. The summed E-state index contributed by atoms with van der Waals surface area (Å²) in [4.78, 5) is 0. The number of allylic oxidation sites excluding steroid dienone is 1. The molecule has 0 aromatic rings. The molecular weight excluding hydrogens is 324 g/mol. The van der Waals surface area contributed by atoms with Gasteiger partial charge in [-0.3, -0.25) is 0 Å². The van der Waals surface area contributed by atoms with Gasteiger partial charge in [0.1, 0.15) is 0 Å². The molecule has 0 heteroatoms. The zero-order valence-electron chi connectivity index (χ0n) is 18.4. The van der Waals surface area contributed by atoms with Crippen molar-refractivity contribution >= 4 is 0 Å². The Morgan fingerprint density at radius 1 is 1.11 bits per heavy atom. The number of rotatable bonds is 3. The lowest BCUT2D eigenvalue weighted by Gasteiger charge is -2.62. The molecule has 0 spiro atoms. The molecule has 0 heterocycles. The molecule has 9 atom stereocenters. The van der Waals surface area contributed by atoms with Crippen LogP contribution in [-0.4, -0.2) is 0 Å². The summed E-state index contributed by atoms with van der Waals surface area (Å²) in [7, 11) is 0. The minimum atomic E-state index is 0.520. The van der Waals surface area contributed by atoms with Crippen LogP contribution in [0.3, 0.4) is 0 Å². The van der Waals surface area contributed by atoms with Gasteiger partial charge in [0, 0.05) is 5.92 Å². The molecule has 0 nitrogen and oxygen atoms in total. The van der Waals surface area contributed by atoms with Gasteiger partial charge in [0.25, 0.3) is 0 Å². The largest absolute Gasteiger partial charge is 0.120 e. The molecule has 150 valence electrons. The summed E-state index contributed by atoms with van der Waals surface area (Å²) in [6, 6.07) is 0. The molecule has 4 aliphatic carbocycles. The van der Waals surface area contributed by atoms with Crippen LogP contribution in [0.4, 0.5) is 0 Å². The molecule has 0 bridgehead atoms. The normalized spacial score (nSPS) is 50.3. The van der Waals surface area contributed by atoms with Crippen LogP contribution in [0.25, 0.3) is 0 Å². The highest BCUT2D eigenvalue weighted by molar-refractivity contribution is 5.22. The summed E-state index contributed by atoms with van der Waals surface area (Å²) in [5.74, 6) is 8.81. The smallest absolute Gasteiger partial charge is 0.0203 e. The van der Waals surface area contributed by atoms with Gasteiger partial charge < -0.3 is 0 Å². The van der Waals surface area contributed by atoms with E-state index < -0.39 is 0 Å². The van der Waals surface area contributed by atoms with E-state index in [1.807, 2.05) is 0 Å². The second kappa shape index (κ2) is 6.97. The average Bonchev–Trinajstić information content (AvgIpc) is 2.99. The van der Waals surface area contributed by atoms with Crippen molar-refractivity contribution in [2.45, 2.75) is 91.9 Å². The summed E-state index contributed by atoms with van der Waals surface area (Å²) < 4.78 is 0. The predicted molar refractivity (Wildman–Crippen MR) is 116 cm³/mol. The first-order chi connectivity index (χ1) is 12.8. The standard InChI is InChI=1S/C27H42/c1-7-9-18(3)22-10-11-23-25-19(4)16-21-17-20(8-2)12-14-26(21,5)24(25)13-15-27(22,23)6/h2,18,20-25H,4,7,9-17H2,1,3,5-6H3/t18?,20?,21?,22?,23-,24?,25?,26?,27?/m0/s1.